The van der Waals surface area contributed by atoms with Gasteiger partial charge >= 0.3 is 0 Å². The van der Waals surface area contributed by atoms with E-state index in [0.29, 0.717) is 17.5 Å². The van der Waals surface area contributed by atoms with Crippen molar-refractivity contribution in [3.05, 3.63) is 140 Å². The van der Waals surface area contributed by atoms with Gasteiger partial charge in [0.25, 0.3) is 0 Å². The van der Waals surface area contributed by atoms with Crippen molar-refractivity contribution in [3.8, 4) is 56.5 Å². The summed E-state index contributed by atoms with van der Waals surface area (Å²) in [4.78, 5) is 23.7. The Hall–Kier alpha value is -5.59. The van der Waals surface area contributed by atoms with E-state index in [9.17, 15) is 0 Å². The second-order valence-electron chi connectivity index (χ2n) is 10.2. The number of hydrogen-bond acceptors (Lipinski definition) is 6. The number of rotatable bonds is 5. The van der Waals surface area contributed by atoms with Crippen LogP contribution in [0, 0.1) is 0 Å². The van der Waals surface area contributed by atoms with Crippen LogP contribution in [-0.4, -0.2) is 24.9 Å². The summed E-state index contributed by atoms with van der Waals surface area (Å²) < 4.78 is 2.45. The molecule has 0 saturated heterocycles. The van der Waals surface area contributed by atoms with Gasteiger partial charge in [0.1, 0.15) is 0 Å². The fraction of sp³-hybridized carbons (Fsp3) is 0. The molecule has 4 aromatic carbocycles. The van der Waals surface area contributed by atoms with E-state index >= 15 is 0 Å². The van der Waals surface area contributed by atoms with Crippen molar-refractivity contribution in [3.63, 3.8) is 0 Å². The molecule has 202 valence electrons. The molecule has 8 aromatic rings. The molecule has 0 N–H and O–H groups in total. The standard InChI is InChI=1S/C37H23N5S/c1-3-8-24(9-4-1)35-40-36(25-10-5-2-6-11-25)42-37(41-35)27-15-18-34-31(21-27)30-20-26(14-17-33(30)43-34)32-16-13-29(23-39-32)28-12-7-19-38-22-28/h1-23H. The smallest absolute Gasteiger partial charge is 0.164 e. The van der Waals surface area contributed by atoms with Crippen LogP contribution in [0.4, 0.5) is 0 Å². The topological polar surface area (TPSA) is 64.5 Å². The van der Waals surface area contributed by atoms with Crippen molar-refractivity contribution < 1.29 is 0 Å². The predicted molar refractivity (Wildman–Crippen MR) is 175 cm³/mol. The molecule has 0 aliphatic carbocycles. The minimum Gasteiger partial charge on any atom is -0.264 e. The first-order valence-corrected chi connectivity index (χ1v) is 14.8. The molecule has 0 aliphatic heterocycles. The van der Waals surface area contributed by atoms with Crippen LogP contribution < -0.4 is 0 Å². The highest BCUT2D eigenvalue weighted by atomic mass is 32.1. The van der Waals surface area contributed by atoms with E-state index in [2.05, 4.69) is 53.5 Å². The molecule has 6 heteroatoms. The van der Waals surface area contributed by atoms with E-state index in [1.807, 2.05) is 85.2 Å². The molecule has 0 fully saturated rings. The van der Waals surface area contributed by atoms with Gasteiger partial charge in [0.15, 0.2) is 17.5 Å². The van der Waals surface area contributed by atoms with Gasteiger partial charge in [-0.15, -0.1) is 11.3 Å². The van der Waals surface area contributed by atoms with Crippen molar-refractivity contribution >= 4 is 31.5 Å². The largest absolute Gasteiger partial charge is 0.264 e. The van der Waals surface area contributed by atoms with Crippen LogP contribution in [0.15, 0.2) is 140 Å². The van der Waals surface area contributed by atoms with Crippen LogP contribution in [0.2, 0.25) is 0 Å². The van der Waals surface area contributed by atoms with Gasteiger partial charge in [0.05, 0.1) is 5.69 Å². The van der Waals surface area contributed by atoms with Crippen LogP contribution in [0.1, 0.15) is 0 Å². The van der Waals surface area contributed by atoms with E-state index in [1.54, 1.807) is 17.5 Å². The maximum absolute atomic E-state index is 4.94. The van der Waals surface area contributed by atoms with Gasteiger partial charge < -0.3 is 0 Å². The van der Waals surface area contributed by atoms with Crippen LogP contribution >= 0.6 is 11.3 Å². The number of hydrogen-bond donors (Lipinski definition) is 0. The lowest BCUT2D eigenvalue weighted by atomic mass is 10.0. The lowest BCUT2D eigenvalue weighted by molar-refractivity contribution is 1.07. The van der Waals surface area contributed by atoms with Gasteiger partial charge in [0, 0.05) is 72.1 Å². The van der Waals surface area contributed by atoms with E-state index in [-0.39, 0.29) is 0 Å². The number of aromatic nitrogens is 5. The van der Waals surface area contributed by atoms with E-state index in [4.69, 9.17) is 19.9 Å². The minimum atomic E-state index is 0.651. The van der Waals surface area contributed by atoms with Gasteiger partial charge in [-0.1, -0.05) is 78.9 Å². The molecule has 0 bridgehead atoms. The van der Waals surface area contributed by atoms with Crippen molar-refractivity contribution in [2.24, 2.45) is 0 Å². The highest BCUT2D eigenvalue weighted by molar-refractivity contribution is 7.25. The normalized spacial score (nSPS) is 11.3. The Kier molecular flexibility index (Phi) is 6.24. The van der Waals surface area contributed by atoms with Crippen LogP contribution in [0.3, 0.4) is 0 Å². The van der Waals surface area contributed by atoms with Gasteiger partial charge in [-0.25, -0.2) is 15.0 Å². The molecule has 0 saturated carbocycles. The second kappa shape index (κ2) is 10.7. The molecule has 8 rings (SSSR count). The monoisotopic (exact) mass is 569 g/mol. The number of thiophene rings is 1. The molecule has 0 aliphatic rings. The quantitative estimate of drug-likeness (QED) is 0.207. The number of benzene rings is 4. The Balaban J connectivity index is 1.23. The highest BCUT2D eigenvalue weighted by Crippen LogP contribution is 2.38. The summed E-state index contributed by atoms with van der Waals surface area (Å²) in [6.45, 7) is 0. The molecule has 0 radical (unpaired) electrons. The van der Waals surface area contributed by atoms with E-state index < -0.39 is 0 Å². The Morgan fingerprint density at radius 3 is 1.53 bits per heavy atom. The zero-order valence-electron chi connectivity index (χ0n) is 22.9. The minimum absolute atomic E-state index is 0.651. The zero-order valence-corrected chi connectivity index (χ0v) is 23.7. The molecule has 4 heterocycles. The fourth-order valence-electron chi connectivity index (χ4n) is 5.28. The maximum Gasteiger partial charge on any atom is 0.164 e. The summed E-state index contributed by atoms with van der Waals surface area (Å²) in [5.41, 5.74) is 6.97. The third kappa shape index (κ3) is 4.84. The fourth-order valence-corrected chi connectivity index (χ4v) is 6.35. The lowest BCUT2D eigenvalue weighted by Gasteiger charge is -2.08. The number of fused-ring (bicyclic) bond motifs is 3. The Labute approximate surface area is 252 Å². The lowest BCUT2D eigenvalue weighted by Crippen LogP contribution is -2.00. The molecule has 4 aromatic heterocycles. The maximum atomic E-state index is 4.94. The highest BCUT2D eigenvalue weighted by Gasteiger charge is 2.14. The summed E-state index contributed by atoms with van der Waals surface area (Å²) in [5.74, 6) is 1.96. The first kappa shape index (κ1) is 25.1. The molecular weight excluding hydrogens is 547 g/mol. The Morgan fingerprint density at radius 2 is 0.953 bits per heavy atom. The number of pyridine rings is 2. The van der Waals surface area contributed by atoms with E-state index in [1.165, 1.54) is 20.2 Å². The van der Waals surface area contributed by atoms with Crippen LogP contribution in [0.25, 0.3) is 76.7 Å². The van der Waals surface area contributed by atoms with Gasteiger partial charge in [0.2, 0.25) is 0 Å². The van der Waals surface area contributed by atoms with Crippen molar-refractivity contribution in [1.82, 2.24) is 24.9 Å². The SMILES string of the molecule is c1ccc(-c2nc(-c3ccccc3)nc(-c3ccc4sc5ccc(-c6ccc(-c7cccnc7)cn6)cc5c4c3)n2)cc1. The molecule has 43 heavy (non-hydrogen) atoms. The molecular formula is C37H23N5S. The summed E-state index contributed by atoms with van der Waals surface area (Å²) >= 11 is 1.79. The number of nitrogens with zero attached hydrogens (tertiary/aromatic N) is 5. The summed E-state index contributed by atoms with van der Waals surface area (Å²) in [6.07, 6.45) is 5.55. The van der Waals surface area contributed by atoms with Crippen molar-refractivity contribution in [2.45, 2.75) is 0 Å². The van der Waals surface area contributed by atoms with Gasteiger partial charge in [-0.3, -0.25) is 9.97 Å². The van der Waals surface area contributed by atoms with Gasteiger partial charge in [-0.05, 0) is 42.5 Å². The Bertz CT molecular complexity index is 2150. The summed E-state index contributed by atoms with van der Waals surface area (Å²) in [7, 11) is 0. The van der Waals surface area contributed by atoms with E-state index in [0.717, 1.165) is 39.1 Å². The third-order valence-corrected chi connectivity index (χ3v) is 8.63. The molecule has 0 unspecified atom stereocenters. The zero-order chi connectivity index (χ0) is 28.6. The molecule has 5 nitrogen and oxygen atoms in total. The average molecular weight is 570 g/mol. The second-order valence-corrected chi connectivity index (χ2v) is 11.3. The Morgan fingerprint density at radius 1 is 0.419 bits per heavy atom. The molecule has 0 atom stereocenters. The van der Waals surface area contributed by atoms with Crippen molar-refractivity contribution in [1.29, 1.82) is 0 Å². The summed E-state index contributed by atoms with van der Waals surface area (Å²) in [5, 5.41) is 2.37. The first-order valence-electron chi connectivity index (χ1n) is 14.0. The average Bonchev–Trinajstić information content (AvgIpc) is 3.46. The molecule has 0 amide bonds. The predicted octanol–water partition coefficient (Wildman–Crippen LogP) is 9.36. The van der Waals surface area contributed by atoms with Gasteiger partial charge in [-0.2, -0.15) is 0 Å². The van der Waals surface area contributed by atoms with Crippen LogP contribution in [0.5, 0.6) is 0 Å². The van der Waals surface area contributed by atoms with Crippen LogP contribution in [-0.2, 0) is 0 Å². The molecule has 0 spiro atoms. The van der Waals surface area contributed by atoms with Crippen molar-refractivity contribution in [2.75, 3.05) is 0 Å². The third-order valence-electron chi connectivity index (χ3n) is 7.48. The summed E-state index contributed by atoms with van der Waals surface area (Å²) in [6, 6.07) is 41.3. The first-order chi connectivity index (χ1) is 21.3.